The minimum Gasteiger partial charge on any atom is -0.496 e. The maximum atomic E-state index is 12.1. The van der Waals surface area contributed by atoms with Gasteiger partial charge in [0, 0.05) is 6.04 Å². The van der Waals surface area contributed by atoms with Crippen molar-refractivity contribution in [2.24, 2.45) is 11.8 Å². The van der Waals surface area contributed by atoms with Crippen molar-refractivity contribution in [2.75, 3.05) is 13.7 Å². The summed E-state index contributed by atoms with van der Waals surface area (Å²) >= 11 is 0. The quantitative estimate of drug-likeness (QED) is 0.848. The second-order valence-corrected chi connectivity index (χ2v) is 6.22. The van der Waals surface area contributed by atoms with E-state index in [-0.39, 0.29) is 18.6 Å². The lowest BCUT2D eigenvalue weighted by Gasteiger charge is -2.34. The molecule has 126 valence electrons. The summed E-state index contributed by atoms with van der Waals surface area (Å²) in [5.41, 5.74) is 0.322. The van der Waals surface area contributed by atoms with Crippen LogP contribution in [-0.4, -0.2) is 31.6 Å². The zero-order valence-electron chi connectivity index (χ0n) is 14.0. The van der Waals surface area contributed by atoms with Gasteiger partial charge in [0.2, 0.25) is 0 Å². The standard InChI is InChI=1S/C18H25NO4/c1-12-7-6-9-15(13(12)2)19-17(20)11-23-18(21)14-8-4-5-10-16(14)22-3/h4-5,8,10,12-13,15H,6-7,9,11H2,1-3H3,(H,19,20)/t12-,13-,15-/m1/s1. The van der Waals surface area contributed by atoms with E-state index in [0.717, 1.165) is 12.8 Å². The Balaban J connectivity index is 1.85. The summed E-state index contributed by atoms with van der Waals surface area (Å²) in [6.07, 6.45) is 3.31. The van der Waals surface area contributed by atoms with Crippen molar-refractivity contribution in [3.63, 3.8) is 0 Å². The summed E-state index contributed by atoms with van der Waals surface area (Å²) in [6, 6.07) is 6.96. The van der Waals surface area contributed by atoms with Gasteiger partial charge in [0.05, 0.1) is 7.11 Å². The first-order valence-corrected chi connectivity index (χ1v) is 8.12. The molecule has 2 rings (SSSR count). The molecular formula is C18H25NO4. The fourth-order valence-corrected chi connectivity index (χ4v) is 3.06. The van der Waals surface area contributed by atoms with Gasteiger partial charge in [-0.15, -0.1) is 0 Å². The van der Waals surface area contributed by atoms with Crippen LogP contribution in [0.2, 0.25) is 0 Å². The van der Waals surface area contributed by atoms with Gasteiger partial charge in [0.1, 0.15) is 11.3 Å². The van der Waals surface area contributed by atoms with E-state index in [1.165, 1.54) is 13.5 Å². The average Bonchev–Trinajstić information content (AvgIpc) is 2.56. The molecule has 1 aliphatic rings. The Labute approximate surface area is 137 Å². The molecule has 0 saturated heterocycles. The molecule has 1 saturated carbocycles. The Morgan fingerprint density at radius 1 is 1.22 bits per heavy atom. The van der Waals surface area contributed by atoms with E-state index < -0.39 is 5.97 Å². The summed E-state index contributed by atoms with van der Waals surface area (Å²) in [4.78, 5) is 24.1. The van der Waals surface area contributed by atoms with Crippen molar-refractivity contribution < 1.29 is 19.1 Å². The molecule has 0 heterocycles. The van der Waals surface area contributed by atoms with Crippen LogP contribution in [0, 0.1) is 11.8 Å². The number of amides is 1. The molecular weight excluding hydrogens is 294 g/mol. The fourth-order valence-electron chi connectivity index (χ4n) is 3.06. The smallest absolute Gasteiger partial charge is 0.342 e. The van der Waals surface area contributed by atoms with Crippen LogP contribution in [0.3, 0.4) is 0 Å². The Morgan fingerprint density at radius 3 is 2.70 bits per heavy atom. The third-order valence-corrected chi connectivity index (χ3v) is 4.71. The van der Waals surface area contributed by atoms with Crippen LogP contribution in [0.25, 0.3) is 0 Å². The molecule has 0 bridgehead atoms. The minimum absolute atomic E-state index is 0.163. The first kappa shape index (κ1) is 17.3. The van der Waals surface area contributed by atoms with Crippen LogP contribution >= 0.6 is 0 Å². The van der Waals surface area contributed by atoms with Crippen molar-refractivity contribution in [1.29, 1.82) is 0 Å². The number of para-hydroxylation sites is 1. The molecule has 0 aliphatic heterocycles. The number of nitrogens with one attached hydrogen (secondary N) is 1. The van der Waals surface area contributed by atoms with Crippen molar-refractivity contribution in [3.8, 4) is 5.75 Å². The molecule has 0 spiro atoms. The van der Waals surface area contributed by atoms with E-state index in [2.05, 4.69) is 19.2 Å². The van der Waals surface area contributed by atoms with E-state index in [1.54, 1.807) is 24.3 Å². The zero-order chi connectivity index (χ0) is 16.8. The lowest BCUT2D eigenvalue weighted by Crippen LogP contribution is -2.45. The van der Waals surface area contributed by atoms with Crippen LogP contribution in [0.1, 0.15) is 43.5 Å². The molecule has 5 heteroatoms. The van der Waals surface area contributed by atoms with Gasteiger partial charge in [0.25, 0.3) is 5.91 Å². The highest BCUT2D eigenvalue weighted by atomic mass is 16.5. The molecule has 0 unspecified atom stereocenters. The summed E-state index contributed by atoms with van der Waals surface area (Å²) in [7, 11) is 1.49. The number of benzene rings is 1. The second-order valence-electron chi connectivity index (χ2n) is 6.22. The molecule has 1 N–H and O–H groups in total. The molecule has 0 radical (unpaired) electrons. The van der Waals surface area contributed by atoms with Crippen molar-refractivity contribution in [1.82, 2.24) is 5.32 Å². The monoisotopic (exact) mass is 319 g/mol. The molecule has 1 aliphatic carbocycles. The van der Waals surface area contributed by atoms with Crippen LogP contribution in [0.4, 0.5) is 0 Å². The minimum atomic E-state index is -0.553. The van der Waals surface area contributed by atoms with Gasteiger partial charge < -0.3 is 14.8 Å². The zero-order valence-corrected chi connectivity index (χ0v) is 14.0. The molecule has 1 amide bonds. The average molecular weight is 319 g/mol. The Bertz CT molecular complexity index is 558. The predicted molar refractivity (Wildman–Crippen MR) is 87.4 cm³/mol. The highest BCUT2D eigenvalue weighted by molar-refractivity contribution is 5.94. The molecule has 1 fully saturated rings. The van der Waals surface area contributed by atoms with Gasteiger partial charge >= 0.3 is 5.97 Å². The van der Waals surface area contributed by atoms with Crippen molar-refractivity contribution in [2.45, 2.75) is 39.2 Å². The van der Waals surface area contributed by atoms with E-state index in [9.17, 15) is 9.59 Å². The number of ether oxygens (including phenoxy) is 2. The highest BCUT2D eigenvalue weighted by Crippen LogP contribution is 2.29. The molecule has 0 aromatic heterocycles. The van der Waals surface area contributed by atoms with E-state index >= 15 is 0 Å². The van der Waals surface area contributed by atoms with Crippen molar-refractivity contribution >= 4 is 11.9 Å². The second kappa shape index (κ2) is 7.99. The van der Waals surface area contributed by atoms with E-state index in [4.69, 9.17) is 9.47 Å². The lowest BCUT2D eigenvalue weighted by molar-refractivity contribution is -0.125. The number of hydrogen-bond donors (Lipinski definition) is 1. The fraction of sp³-hybridized carbons (Fsp3) is 0.556. The molecule has 5 nitrogen and oxygen atoms in total. The molecule has 1 aromatic carbocycles. The molecule has 1 aromatic rings. The number of esters is 1. The number of carbonyl (C=O) groups excluding carboxylic acids is 2. The van der Waals surface area contributed by atoms with E-state index in [0.29, 0.717) is 23.1 Å². The molecule has 3 atom stereocenters. The summed E-state index contributed by atoms with van der Waals surface area (Å²) in [5, 5.41) is 2.99. The predicted octanol–water partition coefficient (Wildman–Crippen LogP) is 2.79. The van der Waals surface area contributed by atoms with Gasteiger partial charge in [-0.2, -0.15) is 0 Å². The Morgan fingerprint density at radius 2 is 1.96 bits per heavy atom. The van der Waals surface area contributed by atoms with Gasteiger partial charge in [0.15, 0.2) is 6.61 Å². The first-order valence-electron chi connectivity index (χ1n) is 8.12. The highest BCUT2D eigenvalue weighted by Gasteiger charge is 2.28. The SMILES string of the molecule is COc1ccccc1C(=O)OCC(=O)N[C@@H]1CCC[C@@H](C)[C@H]1C. The third kappa shape index (κ3) is 4.47. The van der Waals surface area contributed by atoms with Crippen molar-refractivity contribution in [3.05, 3.63) is 29.8 Å². The number of carbonyl (C=O) groups is 2. The van der Waals surface area contributed by atoms with Crippen LogP contribution in [0.15, 0.2) is 24.3 Å². The summed E-state index contributed by atoms with van der Waals surface area (Å²) in [5.74, 6) is 0.678. The van der Waals surface area contributed by atoms with Gasteiger partial charge in [-0.3, -0.25) is 4.79 Å². The maximum Gasteiger partial charge on any atom is 0.342 e. The number of methoxy groups -OCH3 is 1. The Kier molecular flexibility index (Phi) is 6.02. The van der Waals surface area contributed by atoms with Gasteiger partial charge in [-0.25, -0.2) is 4.79 Å². The Hall–Kier alpha value is -2.04. The van der Waals surface area contributed by atoms with E-state index in [1.807, 2.05) is 0 Å². The summed E-state index contributed by atoms with van der Waals surface area (Å²) in [6.45, 7) is 4.11. The topological polar surface area (TPSA) is 64.6 Å². The maximum absolute atomic E-state index is 12.1. The number of hydrogen-bond acceptors (Lipinski definition) is 4. The normalized spacial score (nSPS) is 23.9. The number of rotatable bonds is 5. The summed E-state index contributed by atoms with van der Waals surface area (Å²) < 4.78 is 10.2. The van der Waals surface area contributed by atoms with Gasteiger partial charge in [-0.1, -0.05) is 38.8 Å². The van der Waals surface area contributed by atoms with Crippen LogP contribution in [0.5, 0.6) is 5.75 Å². The van der Waals surface area contributed by atoms with Crippen LogP contribution in [-0.2, 0) is 9.53 Å². The van der Waals surface area contributed by atoms with Gasteiger partial charge in [-0.05, 0) is 30.4 Å². The third-order valence-electron chi connectivity index (χ3n) is 4.71. The largest absolute Gasteiger partial charge is 0.496 e. The lowest BCUT2D eigenvalue weighted by atomic mass is 9.78. The van der Waals surface area contributed by atoms with Crippen LogP contribution < -0.4 is 10.1 Å². The molecule has 23 heavy (non-hydrogen) atoms. The first-order chi connectivity index (χ1) is 11.0.